The van der Waals surface area contributed by atoms with E-state index < -0.39 is 0 Å². The summed E-state index contributed by atoms with van der Waals surface area (Å²) in [6.45, 7) is 1.96. The summed E-state index contributed by atoms with van der Waals surface area (Å²) < 4.78 is 0. The number of benzene rings is 1. The Hall–Kier alpha value is -1.19. The van der Waals surface area contributed by atoms with Gasteiger partial charge in [-0.25, -0.2) is 9.97 Å². The molecular formula is C11H12ClN3. The Kier molecular flexibility index (Phi) is 2.84. The normalized spacial score (nSPS) is 13.0. The Morgan fingerprint density at radius 3 is 2.93 bits per heavy atom. The van der Waals surface area contributed by atoms with Crippen LogP contribution in [0.5, 0.6) is 0 Å². The molecule has 0 aliphatic heterocycles. The largest absolute Gasteiger partial charge is 0.328 e. The first-order valence-corrected chi connectivity index (χ1v) is 5.19. The highest BCUT2D eigenvalue weighted by molar-refractivity contribution is 6.31. The monoisotopic (exact) mass is 221 g/mol. The number of fused-ring (bicyclic) bond motifs is 1. The van der Waals surface area contributed by atoms with Crippen molar-refractivity contribution in [2.75, 3.05) is 0 Å². The third-order valence-electron chi connectivity index (χ3n) is 2.20. The van der Waals surface area contributed by atoms with Crippen LogP contribution in [-0.4, -0.2) is 16.0 Å². The number of hydrogen-bond acceptors (Lipinski definition) is 3. The molecule has 0 bridgehead atoms. The molecule has 15 heavy (non-hydrogen) atoms. The van der Waals surface area contributed by atoms with E-state index in [9.17, 15) is 0 Å². The number of rotatable bonds is 2. The molecule has 1 heterocycles. The Bertz CT molecular complexity index is 482. The van der Waals surface area contributed by atoms with Crippen LogP contribution in [0.1, 0.15) is 12.6 Å². The van der Waals surface area contributed by atoms with Crippen molar-refractivity contribution in [3.05, 3.63) is 35.2 Å². The third-order valence-corrected chi connectivity index (χ3v) is 2.43. The predicted octanol–water partition coefficient (Wildman–Crippen LogP) is 2.17. The summed E-state index contributed by atoms with van der Waals surface area (Å²) in [6.07, 6.45) is 2.30. The lowest BCUT2D eigenvalue weighted by atomic mass is 10.1. The standard InChI is InChI=1S/C11H12ClN3/c1-7(13)4-10-9-3-2-8(12)5-11(9)15-6-14-10/h2-3,5-7H,4,13H2,1H3. The van der Waals surface area contributed by atoms with E-state index in [-0.39, 0.29) is 6.04 Å². The minimum Gasteiger partial charge on any atom is -0.328 e. The summed E-state index contributed by atoms with van der Waals surface area (Å²) in [5.74, 6) is 0. The van der Waals surface area contributed by atoms with Crippen molar-refractivity contribution in [1.29, 1.82) is 0 Å². The molecule has 1 aromatic carbocycles. The Labute approximate surface area is 93.3 Å². The highest BCUT2D eigenvalue weighted by Gasteiger charge is 2.05. The van der Waals surface area contributed by atoms with Gasteiger partial charge in [0.2, 0.25) is 0 Å². The smallest absolute Gasteiger partial charge is 0.116 e. The molecule has 4 heteroatoms. The van der Waals surface area contributed by atoms with Crippen LogP contribution in [-0.2, 0) is 6.42 Å². The van der Waals surface area contributed by atoms with Crippen LogP contribution in [0.15, 0.2) is 24.5 Å². The van der Waals surface area contributed by atoms with Crippen molar-refractivity contribution < 1.29 is 0 Å². The van der Waals surface area contributed by atoms with E-state index in [0.717, 1.165) is 23.0 Å². The van der Waals surface area contributed by atoms with Gasteiger partial charge in [0.25, 0.3) is 0 Å². The lowest BCUT2D eigenvalue weighted by molar-refractivity contribution is 0.725. The van der Waals surface area contributed by atoms with Gasteiger partial charge in [-0.3, -0.25) is 0 Å². The summed E-state index contributed by atoms with van der Waals surface area (Å²) in [7, 11) is 0. The van der Waals surface area contributed by atoms with Crippen LogP contribution < -0.4 is 5.73 Å². The minimum absolute atomic E-state index is 0.0961. The number of hydrogen-bond donors (Lipinski definition) is 1. The van der Waals surface area contributed by atoms with Crippen LogP contribution in [0.2, 0.25) is 5.02 Å². The van der Waals surface area contributed by atoms with E-state index in [1.165, 1.54) is 0 Å². The van der Waals surface area contributed by atoms with Gasteiger partial charge in [0.1, 0.15) is 6.33 Å². The van der Waals surface area contributed by atoms with Gasteiger partial charge >= 0.3 is 0 Å². The third kappa shape index (κ3) is 2.25. The van der Waals surface area contributed by atoms with Gasteiger partial charge in [-0.05, 0) is 25.1 Å². The molecule has 2 N–H and O–H groups in total. The van der Waals surface area contributed by atoms with Gasteiger partial charge in [0.05, 0.1) is 11.2 Å². The fourth-order valence-electron chi connectivity index (χ4n) is 1.55. The van der Waals surface area contributed by atoms with Gasteiger partial charge < -0.3 is 5.73 Å². The summed E-state index contributed by atoms with van der Waals surface area (Å²) in [5, 5.41) is 1.71. The van der Waals surface area contributed by atoms with Gasteiger partial charge in [-0.2, -0.15) is 0 Å². The van der Waals surface area contributed by atoms with Crippen molar-refractivity contribution >= 4 is 22.5 Å². The molecule has 0 saturated carbocycles. The lowest BCUT2D eigenvalue weighted by Gasteiger charge is -2.07. The van der Waals surface area contributed by atoms with Crippen molar-refractivity contribution in [2.45, 2.75) is 19.4 Å². The Morgan fingerprint density at radius 1 is 1.40 bits per heavy atom. The zero-order valence-electron chi connectivity index (χ0n) is 8.44. The maximum atomic E-state index is 5.89. The fourth-order valence-corrected chi connectivity index (χ4v) is 1.72. The average molecular weight is 222 g/mol. The molecule has 0 fully saturated rings. The molecule has 0 aliphatic carbocycles. The fraction of sp³-hybridized carbons (Fsp3) is 0.273. The van der Waals surface area contributed by atoms with Crippen LogP contribution >= 0.6 is 11.6 Å². The molecule has 0 amide bonds. The van der Waals surface area contributed by atoms with Crippen molar-refractivity contribution in [3.63, 3.8) is 0 Å². The highest BCUT2D eigenvalue weighted by Crippen LogP contribution is 2.19. The maximum Gasteiger partial charge on any atom is 0.116 e. The van der Waals surface area contributed by atoms with Gasteiger partial charge in [-0.15, -0.1) is 0 Å². The summed E-state index contributed by atoms with van der Waals surface area (Å²) in [4.78, 5) is 8.42. The van der Waals surface area contributed by atoms with Crippen LogP contribution in [0.25, 0.3) is 10.9 Å². The summed E-state index contributed by atoms with van der Waals surface area (Å²) >= 11 is 5.89. The molecule has 78 valence electrons. The number of nitrogens with two attached hydrogens (primary N) is 1. The highest BCUT2D eigenvalue weighted by atomic mass is 35.5. The lowest BCUT2D eigenvalue weighted by Crippen LogP contribution is -2.18. The van der Waals surface area contributed by atoms with E-state index >= 15 is 0 Å². The zero-order valence-corrected chi connectivity index (χ0v) is 9.20. The second-order valence-electron chi connectivity index (χ2n) is 3.66. The predicted molar refractivity (Wildman–Crippen MR) is 61.9 cm³/mol. The van der Waals surface area contributed by atoms with E-state index in [1.807, 2.05) is 25.1 Å². The first-order valence-electron chi connectivity index (χ1n) is 4.81. The molecule has 3 nitrogen and oxygen atoms in total. The summed E-state index contributed by atoms with van der Waals surface area (Å²) in [5.41, 5.74) is 7.61. The number of aromatic nitrogens is 2. The molecule has 1 atom stereocenters. The Balaban J connectivity index is 2.56. The molecule has 0 aliphatic rings. The minimum atomic E-state index is 0.0961. The molecule has 0 radical (unpaired) electrons. The van der Waals surface area contributed by atoms with E-state index in [4.69, 9.17) is 17.3 Å². The second-order valence-corrected chi connectivity index (χ2v) is 4.10. The maximum absolute atomic E-state index is 5.89. The quantitative estimate of drug-likeness (QED) is 0.846. The average Bonchev–Trinajstić information content (AvgIpc) is 2.16. The number of halogens is 1. The SMILES string of the molecule is CC(N)Cc1ncnc2cc(Cl)ccc12. The summed E-state index contributed by atoms with van der Waals surface area (Å²) in [6, 6.07) is 5.72. The van der Waals surface area contributed by atoms with E-state index in [2.05, 4.69) is 9.97 Å². The van der Waals surface area contributed by atoms with E-state index in [1.54, 1.807) is 6.33 Å². The first-order chi connectivity index (χ1) is 7.16. The van der Waals surface area contributed by atoms with Gasteiger partial charge in [-0.1, -0.05) is 11.6 Å². The molecule has 2 aromatic rings. The van der Waals surface area contributed by atoms with Crippen molar-refractivity contribution in [1.82, 2.24) is 9.97 Å². The molecule has 0 spiro atoms. The molecule has 1 unspecified atom stereocenters. The van der Waals surface area contributed by atoms with Crippen LogP contribution in [0.3, 0.4) is 0 Å². The van der Waals surface area contributed by atoms with Gasteiger partial charge in [0.15, 0.2) is 0 Å². The molecular weight excluding hydrogens is 210 g/mol. The Morgan fingerprint density at radius 2 is 2.20 bits per heavy atom. The topological polar surface area (TPSA) is 51.8 Å². The van der Waals surface area contributed by atoms with Gasteiger partial charge in [0, 0.05) is 22.9 Å². The number of nitrogens with zero attached hydrogens (tertiary/aromatic N) is 2. The zero-order chi connectivity index (χ0) is 10.8. The molecule has 2 rings (SSSR count). The van der Waals surface area contributed by atoms with Crippen LogP contribution in [0, 0.1) is 0 Å². The first kappa shape index (κ1) is 10.3. The molecule has 1 aromatic heterocycles. The van der Waals surface area contributed by atoms with Crippen molar-refractivity contribution in [2.24, 2.45) is 5.73 Å². The second kappa shape index (κ2) is 4.13. The van der Waals surface area contributed by atoms with Crippen LogP contribution in [0.4, 0.5) is 0 Å². The van der Waals surface area contributed by atoms with Crippen molar-refractivity contribution in [3.8, 4) is 0 Å². The molecule has 0 saturated heterocycles. The van der Waals surface area contributed by atoms with E-state index in [0.29, 0.717) is 5.02 Å².